The highest BCUT2D eigenvalue weighted by atomic mass is 32.2. The van der Waals surface area contributed by atoms with Crippen LogP contribution in [0.15, 0.2) is 53.4 Å². The Morgan fingerprint density at radius 3 is 2.20 bits per heavy atom. The standard InChI is InChI=1S/C18H17F2NO3S/c19-15-4-6-17(7-5-15)25(23,24)21-10-8-13(9-11-21)18(22)14-2-1-3-16(20)12-14/h1-7,12-13H,8-11H2. The maximum absolute atomic E-state index is 13.3. The van der Waals surface area contributed by atoms with Gasteiger partial charge in [0, 0.05) is 24.6 Å². The first-order valence-corrected chi connectivity index (χ1v) is 9.37. The summed E-state index contributed by atoms with van der Waals surface area (Å²) in [4.78, 5) is 12.5. The van der Waals surface area contributed by atoms with E-state index in [1.807, 2.05) is 0 Å². The van der Waals surface area contributed by atoms with Gasteiger partial charge in [-0.1, -0.05) is 12.1 Å². The molecule has 25 heavy (non-hydrogen) atoms. The molecule has 2 aromatic rings. The molecule has 1 fully saturated rings. The summed E-state index contributed by atoms with van der Waals surface area (Å²) in [6.07, 6.45) is 0.742. The third kappa shape index (κ3) is 3.77. The first-order chi connectivity index (χ1) is 11.9. The number of hydrogen-bond donors (Lipinski definition) is 0. The smallest absolute Gasteiger partial charge is 0.243 e. The molecular weight excluding hydrogens is 348 g/mol. The third-order valence-corrected chi connectivity index (χ3v) is 6.30. The molecule has 0 amide bonds. The number of Topliss-reactive ketones (excluding diaryl/α,β-unsaturated/α-hetero) is 1. The molecule has 1 aliphatic heterocycles. The van der Waals surface area contributed by atoms with Gasteiger partial charge in [-0.15, -0.1) is 0 Å². The van der Waals surface area contributed by atoms with E-state index in [2.05, 4.69) is 0 Å². The lowest BCUT2D eigenvalue weighted by molar-refractivity contribution is 0.0875. The van der Waals surface area contributed by atoms with Crippen molar-refractivity contribution in [1.29, 1.82) is 0 Å². The fraction of sp³-hybridized carbons (Fsp3) is 0.278. The number of rotatable bonds is 4. The molecule has 1 saturated heterocycles. The van der Waals surface area contributed by atoms with Crippen LogP contribution in [0.25, 0.3) is 0 Å². The van der Waals surface area contributed by atoms with Crippen LogP contribution in [0.2, 0.25) is 0 Å². The van der Waals surface area contributed by atoms with E-state index in [-0.39, 0.29) is 29.7 Å². The van der Waals surface area contributed by atoms with Crippen molar-refractivity contribution in [3.05, 3.63) is 65.7 Å². The molecule has 1 aliphatic rings. The zero-order valence-corrected chi connectivity index (χ0v) is 14.2. The Hall–Kier alpha value is -2.12. The highest BCUT2D eigenvalue weighted by Crippen LogP contribution is 2.26. The average Bonchev–Trinajstić information content (AvgIpc) is 2.61. The molecule has 0 unspecified atom stereocenters. The quantitative estimate of drug-likeness (QED) is 0.782. The van der Waals surface area contributed by atoms with Crippen molar-refractivity contribution in [3.8, 4) is 0 Å². The predicted octanol–water partition coefficient (Wildman–Crippen LogP) is 3.25. The molecule has 7 heteroatoms. The normalized spacial score (nSPS) is 16.7. The molecule has 0 atom stereocenters. The summed E-state index contributed by atoms with van der Waals surface area (Å²) in [5, 5.41) is 0. The molecule has 0 radical (unpaired) electrons. The Morgan fingerprint density at radius 1 is 0.960 bits per heavy atom. The minimum absolute atomic E-state index is 0.0313. The Bertz CT molecular complexity index is 873. The second kappa shape index (κ2) is 7.01. The van der Waals surface area contributed by atoms with Crippen molar-refractivity contribution >= 4 is 15.8 Å². The van der Waals surface area contributed by atoms with Gasteiger partial charge in [0.05, 0.1) is 4.90 Å². The summed E-state index contributed by atoms with van der Waals surface area (Å²) in [5.41, 5.74) is 0.305. The van der Waals surface area contributed by atoms with Gasteiger partial charge in [-0.05, 0) is 49.2 Å². The SMILES string of the molecule is O=C(c1cccc(F)c1)C1CCN(S(=O)(=O)c2ccc(F)cc2)CC1. The molecule has 0 saturated carbocycles. The van der Waals surface area contributed by atoms with Crippen LogP contribution in [0.1, 0.15) is 23.2 Å². The van der Waals surface area contributed by atoms with Crippen LogP contribution in [0.4, 0.5) is 8.78 Å². The van der Waals surface area contributed by atoms with E-state index in [1.165, 1.54) is 34.6 Å². The molecule has 3 rings (SSSR count). The first kappa shape index (κ1) is 17.7. The van der Waals surface area contributed by atoms with Crippen LogP contribution in [0.5, 0.6) is 0 Å². The fourth-order valence-electron chi connectivity index (χ4n) is 2.99. The topological polar surface area (TPSA) is 54.5 Å². The van der Waals surface area contributed by atoms with Crippen LogP contribution < -0.4 is 0 Å². The van der Waals surface area contributed by atoms with Crippen molar-refractivity contribution in [3.63, 3.8) is 0 Å². The fourth-order valence-corrected chi connectivity index (χ4v) is 4.46. The Labute approximate surface area is 145 Å². The van der Waals surface area contributed by atoms with Crippen molar-refractivity contribution in [2.75, 3.05) is 13.1 Å². The minimum Gasteiger partial charge on any atom is -0.294 e. The van der Waals surface area contributed by atoms with E-state index in [4.69, 9.17) is 0 Å². The number of hydrogen-bond acceptors (Lipinski definition) is 3. The lowest BCUT2D eigenvalue weighted by Crippen LogP contribution is -2.40. The van der Waals surface area contributed by atoms with Gasteiger partial charge in [0.1, 0.15) is 11.6 Å². The molecule has 1 heterocycles. The number of piperidine rings is 1. The summed E-state index contributed by atoms with van der Waals surface area (Å²) in [5.74, 6) is -1.47. The van der Waals surface area contributed by atoms with Gasteiger partial charge in [-0.25, -0.2) is 17.2 Å². The second-order valence-corrected chi connectivity index (χ2v) is 7.94. The third-order valence-electron chi connectivity index (χ3n) is 4.39. The van der Waals surface area contributed by atoms with E-state index in [9.17, 15) is 22.0 Å². The first-order valence-electron chi connectivity index (χ1n) is 7.93. The molecule has 0 aromatic heterocycles. The van der Waals surface area contributed by atoms with Gasteiger partial charge in [0.15, 0.2) is 5.78 Å². The number of carbonyl (C=O) groups is 1. The van der Waals surface area contributed by atoms with Gasteiger partial charge < -0.3 is 0 Å². The zero-order chi connectivity index (χ0) is 18.0. The molecule has 0 N–H and O–H groups in total. The lowest BCUT2D eigenvalue weighted by atomic mass is 9.89. The molecular formula is C18H17F2NO3S. The van der Waals surface area contributed by atoms with Crippen LogP contribution in [0, 0.1) is 17.6 Å². The largest absolute Gasteiger partial charge is 0.294 e. The molecule has 0 aliphatic carbocycles. The Kier molecular flexibility index (Phi) is 4.96. The highest BCUT2D eigenvalue weighted by Gasteiger charge is 2.32. The summed E-state index contributed by atoms with van der Waals surface area (Å²) >= 11 is 0. The van der Waals surface area contributed by atoms with E-state index in [1.54, 1.807) is 6.07 Å². The molecule has 132 valence electrons. The highest BCUT2D eigenvalue weighted by molar-refractivity contribution is 7.89. The van der Waals surface area contributed by atoms with E-state index >= 15 is 0 Å². The predicted molar refractivity (Wildman–Crippen MR) is 88.6 cm³/mol. The minimum atomic E-state index is -3.70. The van der Waals surface area contributed by atoms with Crippen molar-refractivity contribution in [2.45, 2.75) is 17.7 Å². The number of halogens is 2. The molecule has 2 aromatic carbocycles. The number of nitrogens with zero attached hydrogens (tertiary/aromatic N) is 1. The van der Waals surface area contributed by atoms with Gasteiger partial charge in [-0.3, -0.25) is 4.79 Å². The lowest BCUT2D eigenvalue weighted by Gasteiger charge is -2.30. The molecule has 4 nitrogen and oxygen atoms in total. The summed E-state index contributed by atoms with van der Waals surface area (Å²) in [7, 11) is -3.70. The summed E-state index contributed by atoms with van der Waals surface area (Å²) in [6, 6.07) is 10.2. The maximum Gasteiger partial charge on any atom is 0.243 e. The monoisotopic (exact) mass is 365 g/mol. The van der Waals surface area contributed by atoms with E-state index < -0.39 is 21.7 Å². The Balaban J connectivity index is 1.69. The van der Waals surface area contributed by atoms with Crippen molar-refractivity contribution < 1.29 is 22.0 Å². The van der Waals surface area contributed by atoms with Crippen LogP contribution in [-0.4, -0.2) is 31.6 Å². The number of benzene rings is 2. The van der Waals surface area contributed by atoms with Crippen molar-refractivity contribution in [2.24, 2.45) is 5.92 Å². The second-order valence-electron chi connectivity index (χ2n) is 6.01. The average molecular weight is 365 g/mol. The zero-order valence-electron chi connectivity index (χ0n) is 13.4. The summed E-state index contributed by atoms with van der Waals surface area (Å²) < 4.78 is 52.7. The van der Waals surface area contributed by atoms with Gasteiger partial charge in [0.25, 0.3) is 0 Å². The maximum atomic E-state index is 13.3. The van der Waals surface area contributed by atoms with Crippen LogP contribution in [-0.2, 0) is 10.0 Å². The number of sulfonamides is 1. The van der Waals surface area contributed by atoms with E-state index in [0.29, 0.717) is 18.4 Å². The molecule has 0 spiro atoms. The van der Waals surface area contributed by atoms with Crippen molar-refractivity contribution in [1.82, 2.24) is 4.31 Å². The summed E-state index contributed by atoms with van der Waals surface area (Å²) in [6.45, 7) is 0.400. The van der Waals surface area contributed by atoms with Crippen LogP contribution >= 0.6 is 0 Å². The number of carbonyl (C=O) groups excluding carboxylic acids is 1. The molecule has 0 bridgehead atoms. The number of ketones is 1. The van der Waals surface area contributed by atoms with Gasteiger partial charge in [0.2, 0.25) is 10.0 Å². The van der Waals surface area contributed by atoms with Gasteiger partial charge in [-0.2, -0.15) is 4.31 Å². The van der Waals surface area contributed by atoms with Crippen LogP contribution in [0.3, 0.4) is 0 Å². The van der Waals surface area contributed by atoms with E-state index in [0.717, 1.165) is 12.1 Å². The van der Waals surface area contributed by atoms with Gasteiger partial charge >= 0.3 is 0 Å². The Morgan fingerprint density at radius 2 is 1.60 bits per heavy atom.